The molecule has 3 rings (SSSR count). The highest BCUT2D eigenvalue weighted by Crippen LogP contribution is 2.35. The van der Waals surface area contributed by atoms with E-state index in [1.807, 2.05) is 4.90 Å². The lowest BCUT2D eigenvalue weighted by atomic mass is 10.1. The van der Waals surface area contributed by atoms with Gasteiger partial charge < -0.3 is 4.90 Å². The molecule has 31 heavy (non-hydrogen) atoms. The molecule has 0 bridgehead atoms. The minimum Gasteiger partial charge on any atom is -0.338 e. The molecule has 0 spiro atoms. The average Bonchev–Trinajstić information content (AvgIpc) is 3.13. The zero-order valence-electron chi connectivity index (χ0n) is 19.0. The van der Waals surface area contributed by atoms with Gasteiger partial charge in [0.25, 0.3) is 0 Å². The molecule has 0 N–H and O–H groups in total. The smallest absolute Gasteiger partial charge is 0.246 e. The molecule has 0 unspecified atom stereocenters. The average molecular weight is 451 g/mol. The molecule has 2 aliphatic heterocycles. The minimum absolute atomic E-state index is 0.0595. The van der Waals surface area contributed by atoms with E-state index in [9.17, 15) is 18.0 Å². The highest BCUT2D eigenvalue weighted by molar-refractivity contribution is 7.89. The number of fused-ring (bicyclic) bond motifs is 1. The molecule has 1 saturated heterocycles. The standard InChI is InChI=1S/C22H34N4O4S/c1-5-10-23-11-13-24(14-12-23)22(28)21-16-18-15-19(31(29,30)25(6-2)7-3)8-9-20(18)26(21)17(4)27/h8-9,15,21H,5-7,10-14,16H2,1-4H3/t21-/m0/s1. The fourth-order valence-electron chi connectivity index (χ4n) is 4.61. The van der Waals surface area contributed by atoms with Gasteiger partial charge in [0.1, 0.15) is 6.04 Å². The van der Waals surface area contributed by atoms with Gasteiger partial charge >= 0.3 is 0 Å². The summed E-state index contributed by atoms with van der Waals surface area (Å²) in [6.07, 6.45) is 1.42. The van der Waals surface area contributed by atoms with Crippen LogP contribution in [0.25, 0.3) is 0 Å². The predicted octanol–water partition coefficient (Wildman–Crippen LogP) is 1.55. The maximum atomic E-state index is 13.3. The van der Waals surface area contributed by atoms with Gasteiger partial charge in [0.15, 0.2) is 0 Å². The van der Waals surface area contributed by atoms with Gasteiger partial charge in [-0.1, -0.05) is 20.8 Å². The number of anilines is 1. The number of rotatable bonds is 7. The zero-order valence-corrected chi connectivity index (χ0v) is 19.8. The number of sulfonamides is 1. The number of carbonyl (C=O) groups is 2. The van der Waals surface area contributed by atoms with Crippen LogP contribution in [0.15, 0.2) is 23.1 Å². The molecule has 9 heteroatoms. The Morgan fingerprint density at radius 3 is 2.26 bits per heavy atom. The van der Waals surface area contributed by atoms with Gasteiger partial charge in [-0.05, 0) is 36.7 Å². The Morgan fingerprint density at radius 2 is 1.71 bits per heavy atom. The van der Waals surface area contributed by atoms with Crippen molar-refractivity contribution in [3.63, 3.8) is 0 Å². The van der Waals surface area contributed by atoms with Crippen LogP contribution in [0.2, 0.25) is 0 Å². The van der Waals surface area contributed by atoms with Gasteiger partial charge in [0.2, 0.25) is 21.8 Å². The topological polar surface area (TPSA) is 81.2 Å². The number of hydrogen-bond acceptors (Lipinski definition) is 5. The van der Waals surface area contributed by atoms with Crippen LogP contribution in [0.3, 0.4) is 0 Å². The van der Waals surface area contributed by atoms with Gasteiger partial charge in [-0.25, -0.2) is 8.42 Å². The van der Waals surface area contributed by atoms with E-state index in [1.165, 1.54) is 16.1 Å². The fourth-order valence-corrected chi connectivity index (χ4v) is 6.12. The van der Waals surface area contributed by atoms with E-state index < -0.39 is 16.1 Å². The Bertz CT molecular complexity index is 921. The zero-order chi connectivity index (χ0) is 22.8. The molecule has 1 atom stereocenters. The second-order valence-electron chi connectivity index (χ2n) is 8.16. The van der Waals surface area contributed by atoms with Crippen LogP contribution in [0.5, 0.6) is 0 Å². The van der Waals surface area contributed by atoms with Crippen LogP contribution in [0.4, 0.5) is 5.69 Å². The Kier molecular flexibility index (Phi) is 7.39. The monoisotopic (exact) mass is 450 g/mol. The van der Waals surface area contributed by atoms with Gasteiger partial charge in [-0.15, -0.1) is 0 Å². The first kappa shape index (κ1) is 23.7. The van der Waals surface area contributed by atoms with Gasteiger partial charge in [0, 0.05) is 58.3 Å². The van der Waals surface area contributed by atoms with Gasteiger partial charge in [-0.2, -0.15) is 4.31 Å². The quantitative estimate of drug-likeness (QED) is 0.630. The van der Waals surface area contributed by atoms with Crippen molar-refractivity contribution in [2.24, 2.45) is 0 Å². The molecular weight excluding hydrogens is 416 g/mol. The summed E-state index contributed by atoms with van der Waals surface area (Å²) < 4.78 is 27.3. The molecule has 2 amide bonds. The van der Waals surface area contributed by atoms with E-state index in [-0.39, 0.29) is 16.7 Å². The van der Waals surface area contributed by atoms with Crippen LogP contribution in [-0.2, 0) is 26.0 Å². The number of nitrogens with zero attached hydrogens (tertiary/aromatic N) is 4. The summed E-state index contributed by atoms with van der Waals surface area (Å²) in [6.45, 7) is 12.0. The molecule has 1 aromatic carbocycles. The minimum atomic E-state index is -3.60. The van der Waals surface area contributed by atoms with Crippen LogP contribution >= 0.6 is 0 Å². The lowest BCUT2D eigenvalue weighted by Gasteiger charge is -2.37. The maximum absolute atomic E-state index is 13.3. The molecule has 2 heterocycles. The molecule has 0 radical (unpaired) electrons. The third-order valence-corrected chi connectivity index (χ3v) is 8.27. The number of hydrogen-bond donors (Lipinski definition) is 0. The summed E-state index contributed by atoms with van der Waals surface area (Å²) in [5.74, 6) is -0.267. The van der Waals surface area contributed by atoms with Crippen molar-refractivity contribution >= 4 is 27.5 Å². The van der Waals surface area contributed by atoms with Crippen molar-refractivity contribution in [1.82, 2.24) is 14.1 Å². The highest BCUT2D eigenvalue weighted by atomic mass is 32.2. The maximum Gasteiger partial charge on any atom is 0.246 e. The number of carbonyl (C=O) groups excluding carboxylic acids is 2. The van der Waals surface area contributed by atoms with Crippen LogP contribution < -0.4 is 4.90 Å². The van der Waals surface area contributed by atoms with Gasteiger partial charge in [0.05, 0.1) is 4.90 Å². The van der Waals surface area contributed by atoms with Crippen molar-refractivity contribution in [2.45, 2.75) is 51.5 Å². The number of benzene rings is 1. The molecule has 1 fully saturated rings. The van der Waals surface area contributed by atoms with Crippen LogP contribution in [0.1, 0.15) is 39.7 Å². The number of piperazine rings is 1. The third kappa shape index (κ3) is 4.63. The van der Waals surface area contributed by atoms with Crippen molar-refractivity contribution in [3.8, 4) is 0 Å². The number of amides is 2. The van der Waals surface area contributed by atoms with Gasteiger partial charge in [-0.3, -0.25) is 19.4 Å². The highest BCUT2D eigenvalue weighted by Gasteiger charge is 2.40. The first-order valence-electron chi connectivity index (χ1n) is 11.2. The van der Waals surface area contributed by atoms with E-state index in [4.69, 9.17) is 0 Å². The summed E-state index contributed by atoms with van der Waals surface area (Å²) in [5.41, 5.74) is 1.36. The van der Waals surface area contributed by atoms with Crippen molar-refractivity contribution in [3.05, 3.63) is 23.8 Å². The first-order valence-corrected chi connectivity index (χ1v) is 12.6. The normalized spacial score (nSPS) is 19.7. The van der Waals surface area contributed by atoms with Crippen molar-refractivity contribution < 1.29 is 18.0 Å². The largest absolute Gasteiger partial charge is 0.338 e. The first-order chi connectivity index (χ1) is 14.7. The molecule has 1 aromatic rings. The molecule has 0 saturated carbocycles. The van der Waals surface area contributed by atoms with Crippen molar-refractivity contribution in [2.75, 3.05) is 50.7 Å². The van der Waals surface area contributed by atoms with E-state index in [2.05, 4.69) is 11.8 Å². The second-order valence-corrected chi connectivity index (χ2v) is 10.1. The summed E-state index contributed by atoms with van der Waals surface area (Å²) in [4.78, 5) is 31.7. The SMILES string of the molecule is CCCN1CCN(C(=O)[C@@H]2Cc3cc(S(=O)(=O)N(CC)CC)ccc3N2C(C)=O)CC1. The van der Waals surface area contributed by atoms with E-state index in [1.54, 1.807) is 32.0 Å². The molecule has 0 aromatic heterocycles. The lowest BCUT2D eigenvalue weighted by Crippen LogP contribution is -2.55. The molecule has 172 valence electrons. The summed E-state index contributed by atoms with van der Waals surface area (Å²) in [7, 11) is -3.60. The summed E-state index contributed by atoms with van der Waals surface area (Å²) >= 11 is 0. The Labute approximate surface area is 185 Å². The second kappa shape index (κ2) is 9.67. The Hall–Kier alpha value is -1.97. The Balaban J connectivity index is 1.84. The lowest BCUT2D eigenvalue weighted by molar-refractivity contribution is -0.135. The summed E-state index contributed by atoms with van der Waals surface area (Å²) in [6, 6.07) is 4.22. The fraction of sp³-hybridized carbons (Fsp3) is 0.636. The van der Waals surface area contributed by atoms with Crippen molar-refractivity contribution in [1.29, 1.82) is 0 Å². The summed E-state index contributed by atoms with van der Waals surface area (Å²) in [5, 5.41) is 0. The predicted molar refractivity (Wildman–Crippen MR) is 121 cm³/mol. The van der Waals surface area contributed by atoms with E-state index in [0.717, 1.165) is 31.6 Å². The molecule has 2 aliphatic rings. The molecule has 0 aliphatic carbocycles. The Morgan fingerprint density at radius 1 is 1.06 bits per heavy atom. The molecular formula is C22H34N4O4S. The van der Waals surface area contributed by atoms with E-state index >= 15 is 0 Å². The third-order valence-electron chi connectivity index (χ3n) is 6.23. The van der Waals surface area contributed by atoms with E-state index in [0.29, 0.717) is 38.3 Å². The van der Waals surface area contributed by atoms with Crippen LogP contribution in [-0.4, -0.2) is 86.2 Å². The molecule has 8 nitrogen and oxygen atoms in total. The van der Waals surface area contributed by atoms with Crippen LogP contribution in [0, 0.1) is 0 Å².